The molecule has 0 unspecified atom stereocenters. The number of anilines is 1. The van der Waals surface area contributed by atoms with E-state index in [1.807, 2.05) is 0 Å². The molecule has 5 nitrogen and oxygen atoms in total. The molecule has 0 saturated heterocycles. The summed E-state index contributed by atoms with van der Waals surface area (Å²) < 4.78 is 4.99. The fraction of sp³-hybridized carbons (Fsp3) is 0.364. The van der Waals surface area contributed by atoms with Gasteiger partial charge in [0.15, 0.2) is 0 Å². The van der Waals surface area contributed by atoms with Gasteiger partial charge in [-0.1, -0.05) is 0 Å². The summed E-state index contributed by atoms with van der Waals surface area (Å²) in [5.74, 6) is 0.419. The van der Waals surface area contributed by atoms with Crippen LogP contribution in [0.25, 0.3) is 0 Å². The Morgan fingerprint density at radius 1 is 1.56 bits per heavy atom. The van der Waals surface area contributed by atoms with Gasteiger partial charge >= 0.3 is 0 Å². The van der Waals surface area contributed by atoms with Crippen LogP contribution in [0, 0.1) is 0 Å². The molecule has 0 aliphatic heterocycles. The number of phenols is 1. The van der Waals surface area contributed by atoms with Crippen LogP contribution >= 0.6 is 0 Å². The zero-order chi connectivity index (χ0) is 12.0. The number of carbonyl (C=O) groups excluding carboxylic acids is 1. The van der Waals surface area contributed by atoms with Gasteiger partial charge in [0.25, 0.3) is 0 Å². The van der Waals surface area contributed by atoms with Gasteiger partial charge in [-0.25, -0.2) is 0 Å². The predicted molar refractivity (Wildman–Crippen MR) is 61.6 cm³/mol. The van der Waals surface area contributed by atoms with Gasteiger partial charge in [-0.3, -0.25) is 4.79 Å². The molecule has 0 atom stereocenters. The SMILES string of the molecule is COc1ccc(O)c(NC(=O)CCCN)c1. The number of hydrogen-bond donors (Lipinski definition) is 3. The van der Waals surface area contributed by atoms with Gasteiger partial charge in [0.05, 0.1) is 12.8 Å². The smallest absolute Gasteiger partial charge is 0.224 e. The Hall–Kier alpha value is -1.75. The van der Waals surface area contributed by atoms with E-state index < -0.39 is 0 Å². The van der Waals surface area contributed by atoms with Crippen LogP contribution in [0.1, 0.15) is 12.8 Å². The van der Waals surface area contributed by atoms with Crippen LogP contribution in [0.4, 0.5) is 5.69 Å². The first-order valence-electron chi connectivity index (χ1n) is 5.04. The van der Waals surface area contributed by atoms with Crippen LogP contribution in [-0.4, -0.2) is 24.7 Å². The molecule has 0 aliphatic carbocycles. The molecule has 1 aromatic carbocycles. The molecule has 1 amide bonds. The molecular weight excluding hydrogens is 208 g/mol. The number of ether oxygens (including phenoxy) is 1. The van der Waals surface area contributed by atoms with Crippen LogP contribution in [0.3, 0.4) is 0 Å². The van der Waals surface area contributed by atoms with Crippen molar-refractivity contribution in [1.29, 1.82) is 0 Å². The molecular formula is C11H16N2O3. The molecule has 16 heavy (non-hydrogen) atoms. The minimum atomic E-state index is -0.172. The van der Waals surface area contributed by atoms with E-state index in [9.17, 15) is 9.90 Å². The number of nitrogens with two attached hydrogens (primary N) is 1. The Bertz CT molecular complexity index is 366. The number of rotatable bonds is 5. The van der Waals surface area contributed by atoms with Crippen molar-refractivity contribution in [2.75, 3.05) is 19.0 Å². The van der Waals surface area contributed by atoms with Gasteiger partial charge in [0.2, 0.25) is 5.91 Å². The second kappa shape index (κ2) is 5.97. The molecule has 0 fully saturated rings. The number of phenolic OH excluding ortho intramolecular Hbond substituents is 1. The number of aromatic hydroxyl groups is 1. The summed E-state index contributed by atoms with van der Waals surface area (Å²) in [5, 5.41) is 12.1. The van der Waals surface area contributed by atoms with Crippen molar-refractivity contribution in [2.24, 2.45) is 5.73 Å². The quantitative estimate of drug-likeness (QED) is 0.653. The van der Waals surface area contributed by atoms with Crippen molar-refractivity contribution in [2.45, 2.75) is 12.8 Å². The van der Waals surface area contributed by atoms with E-state index in [2.05, 4.69) is 5.32 Å². The summed E-state index contributed by atoms with van der Waals surface area (Å²) in [6, 6.07) is 4.65. The van der Waals surface area contributed by atoms with Crippen LogP contribution < -0.4 is 15.8 Å². The van der Waals surface area contributed by atoms with Gasteiger partial charge in [0.1, 0.15) is 11.5 Å². The maximum atomic E-state index is 11.4. The van der Waals surface area contributed by atoms with E-state index in [1.54, 1.807) is 12.1 Å². The zero-order valence-corrected chi connectivity index (χ0v) is 9.19. The van der Waals surface area contributed by atoms with Crippen molar-refractivity contribution in [1.82, 2.24) is 0 Å². The molecule has 5 heteroatoms. The molecule has 0 spiro atoms. The fourth-order valence-electron chi connectivity index (χ4n) is 1.22. The molecule has 0 heterocycles. The van der Waals surface area contributed by atoms with Gasteiger partial charge < -0.3 is 20.9 Å². The molecule has 4 N–H and O–H groups in total. The van der Waals surface area contributed by atoms with Crippen LogP contribution in [-0.2, 0) is 4.79 Å². The lowest BCUT2D eigenvalue weighted by atomic mass is 10.2. The van der Waals surface area contributed by atoms with Crippen molar-refractivity contribution in [3.8, 4) is 11.5 Å². The van der Waals surface area contributed by atoms with Gasteiger partial charge in [-0.05, 0) is 25.1 Å². The first kappa shape index (κ1) is 12.3. The molecule has 0 aromatic heterocycles. The van der Waals surface area contributed by atoms with Gasteiger partial charge in [0, 0.05) is 12.5 Å². The number of nitrogens with one attached hydrogen (secondary N) is 1. The lowest BCUT2D eigenvalue weighted by molar-refractivity contribution is -0.116. The third-order valence-corrected chi connectivity index (χ3v) is 2.09. The van der Waals surface area contributed by atoms with Crippen molar-refractivity contribution in [3.05, 3.63) is 18.2 Å². The molecule has 88 valence electrons. The van der Waals surface area contributed by atoms with Crippen molar-refractivity contribution < 1.29 is 14.6 Å². The highest BCUT2D eigenvalue weighted by molar-refractivity contribution is 5.92. The first-order valence-corrected chi connectivity index (χ1v) is 5.04. The summed E-state index contributed by atoms with van der Waals surface area (Å²) in [5.41, 5.74) is 5.64. The molecule has 1 aromatic rings. The Morgan fingerprint density at radius 2 is 2.31 bits per heavy atom. The second-order valence-electron chi connectivity index (χ2n) is 3.32. The maximum absolute atomic E-state index is 11.4. The average Bonchev–Trinajstić information content (AvgIpc) is 2.29. The van der Waals surface area contributed by atoms with E-state index in [-0.39, 0.29) is 11.7 Å². The average molecular weight is 224 g/mol. The van der Waals surface area contributed by atoms with Crippen molar-refractivity contribution >= 4 is 11.6 Å². The Labute approximate surface area is 94.2 Å². The standard InChI is InChI=1S/C11H16N2O3/c1-16-8-4-5-10(14)9(7-8)13-11(15)3-2-6-12/h4-5,7,14H,2-3,6,12H2,1H3,(H,13,15). The molecule has 0 aliphatic rings. The lowest BCUT2D eigenvalue weighted by Gasteiger charge is -2.08. The van der Waals surface area contributed by atoms with Gasteiger partial charge in [-0.15, -0.1) is 0 Å². The number of carbonyl (C=O) groups is 1. The number of benzene rings is 1. The first-order chi connectivity index (χ1) is 7.67. The Kier molecular flexibility index (Phi) is 4.60. The second-order valence-corrected chi connectivity index (χ2v) is 3.32. The Balaban J connectivity index is 2.68. The molecule has 1 rings (SSSR count). The molecule has 0 bridgehead atoms. The van der Waals surface area contributed by atoms with Crippen LogP contribution in [0.2, 0.25) is 0 Å². The van der Waals surface area contributed by atoms with E-state index in [0.717, 1.165) is 0 Å². The van der Waals surface area contributed by atoms with Crippen LogP contribution in [0.5, 0.6) is 11.5 Å². The number of methoxy groups -OCH3 is 1. The summed E-state index contributed by atoms with van der Waals surface area (Å²) in [7, 11) is 1.52. The number of hydrogen-bond acceptors (Lipinski definition) is 4. The number of amides is 1. The van der Waals surface area contributed by atoms with E-state index in [0.29, 0.717) is 30.8 Å². The topological polar surface area (TPSA) is 84.6 Å². The normalized spacial score (nSPS) is 9.88. The monoisotopic (exact) mass is 224 g/mol. The minimum absolute atomic E-state index is 0.0156. The highest BCUT2D eigenvalue weighted by Crippen LogP contribution is 2.27. The summed E-state index contributed by atoms with van der Waals surface area (Å²) in [6.45, 7) is 0.470. The fourth-order valence-corrected chi connectivity index (χ4v) is 1.22. The van der Waals surface area contributed by atoms with E-state index >= 15 is 0 Å². The summed E-state index contributed by atoms with van der Waals surface area (Å²) >= 11 is 0. The maximum Gasteiger partial charge on any atom is 0.224 e. The molecule has 0 saturated carbocycles. The third-order valence-electron chi connectivity index (χ3n) is 2.09. The summed E-state index contributed by atoms with van der Waals surface area (Å²) in [6.07, 6.45) is 0.962. The lowest BCUT2D eigenvalue weighted by Crippen LogP contribution is -2.13. The summed E-state index contributed by atoms with van der Waals surface area (Å²) in [4.78, 5) is 11.4. The largest absolute Gasteiger partial charge is 0.506 e. The predicted octanol–water partition coefficient (Wildman–Crippen LogP) is 1.08. The van der Waals surface area contributed by atoms with E-state index in [1.165, 1.54) is 13.2 Å². The highest BCUT2D eigenvalue weighted by atomic mass is 16.5. The molecule has 0 radical (unpaired) electrons. The van der Waals surface area contributed by atoms with Crippen LogP contribution in [0.15, 0.2) is 18.2 Å². The Morgan fingerprint density at radius 3 is 2.94 bits per heavy atom. The van der Waals surface area contributed by atoms with Crippen molar-refractivity contribution in [3.63, 3.8) is 0 Å². The van der Waals surface area contributed by atoms with Gasteiger partial charge in [-0.2, -0.15) is 0 Å². The highest BCUT2D eigenvalue weighted by Gasteiger charge is 2.07. The van der Waals surface area contributed by atoms with E-state index in [4.69, 9.17) is 10.5 Å². The third kappa shape index (κ3) is 3.43. The zero-order valence-electron chi connectivity index (χ0n) is 9.19. The minimum Gasteiger partial charge on any atom is -0.506 e.